The van der Waals surface area contributed by atoms with Crippen LogP contribution in [0.15, 0.2) is 76.9 Å². The second kappa shape index (κ2) is 19.4. The van der Waals surface area contributed by atoms with Crippen LogP contribution in [0, 0.1) is 29.1 Å². The van der Waals surface area contributed by atoms with Crippen LogP contribution in [0.5, 0.6) is 0 Å². The minimum Gasteiger partial charge on any atom is -0.396 e. The Balaban J connectivity index is 1.49. The second-order valence-electron chi connectivity index (χ2n) is 16.7. The normalized spacial score (nSPS) is 34.9. The summed E-state index contributed by atoms with van der Waals surface area (Å²) in [6.07, 6.45) is 7.98. The Labute approximate surface area is 337 Å². The number of aliphatic hydroxyl groups excluding tert-OH is 4. The summed E-state index contributed by atoms with van der Waals surface area (Å²) < 4.78 is 6.04. The number of allylic oxidation sites excluding steroid dienone is 5. The Hall–Kier alpha value is -3.70. The van der Waals surface area contributed by atoms with Crippen molar-refractivity contribution in [2.75, 3.05) is 26.4 Å². The monoisotopic (exact) mass is 785 g/mol. The number of hydrogen-bond donors (Lipinski definition) is 8. The van der Waals surface area contributed by atoms with E-state index in [1.54, 1.807) is 19.9 Å². The first-order chi connectivity index (χ1) is 27.1. The quantitative estimate of drug-likeness (QED) is 0.0975. The number of amides is 1. The highest BCUT2D eigenvalue weighted by Crippen LogP contribution is 2.63. The zero-order valence-electron chi connectivity index (χ0n) is 34.0. The molecule has 1 spiro atoms. The van der Waals surface area contributed by atoms with Gasteiger partial charge in [0.25, 0.3) is 0 Å². The average molecular weight is 786 g/mol. The topological polar surface area (TPSA) is 195 Å². The zero-order chi connectivity index (χ0) is 41.5. The SMILES string of the molecule is C=C1/C=C/C=C(\[C@H]2CC[C@@]3([C@H](CCCO)/C(=C(\C)C(=O)Cc4cccc5c4[C@H](NC[C@H](C)O)C(=O)N[C@@H]5N)CC[C@@]3(C)O)[C@@H]2O)COCC#CC/C(C)=C/C[C@@H]1O. The van der Waals surface area contributed by atoms with E-state index in [9.17, 15) is 35.1 Å². The van der Waals surface area contributed by atoms with Gasteiger partial charge in [0.05, 0.1) is 30.5 Å². The number of aliphatic hydroxyl groups is 5. The van der Waals surface area contributed by atoms with Gasteiger partial charge in [0, 0.05) is 37.3 Å². The van der Waals surface area contributed by atoms with Crippen LogP contribution < -0.4 is 16.4 Å². The number of rotatable bonds is 10. The van der Waals surface area contributed by atoms with Gasteiger partial charge in [-0.25, -0.2) is 0 Å². The van der Waals surface area contributed by atoms with Gasteiger partial charge in [-0.2, -0.15) is 0 Å². The van der Waals surface area contributed by atoms with Crippen molar-refractivity contribution >= 4 is 11.7 Å². The molecule has 5 rings (SSSR count). The molecule has 9 N–H and O–H groups in total. The third-order valence-electron chi connectivity index (χ3n) is 12.8. The molecule has 2 aliphatic carbocycles. The minimum atomic E-state index is -1.29. The first-order valence-corrected chi connectivity index (χ1v) is 20.4. The van der Waals surface area contributed by atoms with Crippen LogP contribution in [0.4, 0.5) is 0 Å². The van der Waals surface area contributed by atoms with E-state index in [2.05, 4.69) is 29.1 Å². The van der Waals surface area contributed by atoms with Crippen molar-refractivity contribution in [3.63, 3.8) is 0 Å². The van der Waals surface area contributed by atoms with E-state index in [0.717, 1.165) is 16.7 Å². The van der Waals surface area contributed by atoms with Crippen molar-refractivity contribution in [3.8, 4) is 11.8 Å². The minimum absolute atomic E-state index is 0.00171. The molecule has 0 aromatic heterocycles. The summed E-state index contributed by atoms with van der Waals surface area (Å²) in [4.78, 5) is 27.6. The standard InChI is InChI=1S/C46H63N3O8/c1-28-11-6-7-24-57-27-33(14-8-12-29(2)38(52)18-17-28)35-20-22-46(42(35)54)37(16-10-23-50)34(19-21-45(46,5)56)31(4)39(53)25-32-13-9-15-36-40(32)41(48-26-30(3)51)44(55)49-43(36)47/h8-9,12-15,17,30,35,37-38,41-43,48,50-52,54,56H,2,10-11,16,18-27,47H2,1,3-5H3,(H,49,55)/b12-8+,28-17+,33-14-,34-31+/t30-,35+,37+,38-,41-,42+,43-,45+,46+/m0/s1. The summed E-state index contributed by atoms with van der Waals surface area (Å²) in [6.45, 7) is 11.8. The number of ether oxygens (including phenoxy) is 1. The van der Waals surface area contributed by atoms with Crippen LogP contribution in [0.2, 0.25) is 0 Å². The average Bonchev–Trinajstić information content (AvgIpc) is 3.51. The van der Waals surface area contributed by atoms with Gasteiger partial charge >= 0.3 is 0 Å². The lowest BCUT2D eigenvalue weighted by atomic mass is 9.52. The summed E-state index contributed by atoms with van der Waals surface area (Å²) in [7, 11) is 0. The highest BCUT2D eigenvalue weighted by Gasteiger charge is 2.64. The fourth-order valence-electron chi connectivity index (χ4n) is 9.58. The number of nitrogens with one attached hydrogen (secondary N) is 2. The second-order valence-corrected chi connectivity index (χ2v) is 16.7. The zero-order valence-corrected chi connectivity index (χ0v) is 34.0. The summed E-state index contributed by atoms with van der Waals surface area (Å²) >= 11 is 0. The Morgan fingerprint density at radius 3 is 2.74 bits per heavy atom. The molecule has 9 atom stereocenters. The molecule has 2 saturated carbocycles. The Morgan fingerprint density at radius 1 is 1.23 bits per heavy atom. The lowest BCUT2D eigenvalue weighted by molar-refractivity contribution is -0.167. The fourth-order valence-corrected chi connectivity index (χ4v) is 9.58. The molecule has 0 radical (unpaired) electrons. The first-order valence-electron chi connectivity index (χ1n) is 20.4. The maximum atomic E-state index is 14.4. The van der Waals surface area contributed by atoms with E-state index in [-0.39, 0.29) is 50.4 Å². The van der Waals surface area contributed by atoms with E-state index in [4.69, 9.17) is 10.5 Å². The highest BCUT2D eigenvalue weighted by molar-refractivity contribution is 5.98. The number of hydrogen-bond acceptors (Lipinski definition) is 10. The third-order valence-corrected chi connectivity index (χ3v) is 12.8. The number of carbonyl (C=O) groups is 2. The van der Waals surface area contributed by atoms with Gasteiger partial charge in [-0.05, 0) is 112 Å². The molecule has 2 aliphatic heterocycles. The molecular formula is C46H63N3O8. The summed E-state index contributed by atoms with van der Waals surface area (Å²) in [6, 6.07) is 4.68. The van der Waals surface area contributed by atoms with Gasteiger partial charge in [-0.15, -0.1) is 0 Å². The van der Waals surface area contributed by atoms with Gasteiger partial charge in [0.1, 0.15) is 18.8 Å². The van der Waals surface area contributed by atoms with Crippen LogP contribution >= 0.6 is 0 Å². The molecule has 0 bridgehead atoms. The lowest BCUT2D eigenvalue weighted by Crippen LogP contribution is -2.59. The van der Waals surface area contributed by atoms with Gasteiger partial charge in [-0.3, -0.25) is 14.9 Å². The third kappa shape index (κ3) is 9.78. The van der Waals surface area contributed by atoms with Crippen molar-refractivity contribution < 1.29 is 39.9 Å². The molecule has 57 heavy (non-hydrogen) atoms. The maximum Gasteiger partial charge on any atom is 0.243 e. The Morgan fingerprint density at radius 2 is 2.00 bits per heavy atom. The highest BCUT2D eigenvalue weighted by atomic mass is 16.5. The van der Waals surface area contributed by atoms with Crippen LogP contribution in [0.25, 0.3) is 0 Å². The molecule has 11 nitrogen and oxygen atoms in total. The van der Waals surface area contributed by atoms with E-state index in [1.807, 2.05) is 50.3 Å². The van der Waals surface area contributed by atoms with E-state index in [1.165, 1.54) is 0 Å². The molecule has 1 aromatic carbocycles. The predicted molar refractivity (Wildman–Crippen MR) is 220 cm³/mol. The van der Waals surface area contributed by atoms with Gasteiger partial charge in [-0.1, -0.05) is 72.1 Å². The fraction of sp³-hybridized carbons (Fsp3) is 0.565. The summed E-state index contributed by atoms with van der Waals surface area (Å²) in [5.74, 6) is 4.93. The number of benzene rings is 1. The van der Waals surface area contributed by atoms with Crippen molar-refractivity contribution in [3.05, 3.63) is 93.6 Å². The van der Waals surface area contributed by atoms with Gasteiger partial charge < -0.3 is 41.3 Å². The van der Waals surface area contributed by atoms with Crippen molar-refractivity contribution in [2.45, 2.75) is 122 Å². The van der Waals surface area contributed by atoms with E-state index < -0.39 is 47.5 Å². The number of carbonyl (C=O) groups excluding carboxylic acids is 2. The van der Waals surface area contributed by atoms with Gasteiger partial charge in [0.15, 0.2) is 5.78 Å². The number of nitrogens with two attached hydrogens (primary N) is 1. The smallest absolute Gasteiger partial charge is 0.243 e. The number of Topliss-reactive ketones (excluding diaryl/α,β-unsaturated/α-hetero) is 1. The largest absolute Gasteiger partial charge is 0.396 e. The van der Waals surface area contributed by atoms with Gasteiger partial charge in [0.2, 0.25) is 5.91 Å². The predicted octanol–water partition coefficient (Wildman–Crippen LogP) is 4.06. The molecule has 0 saturated heterocycles. The Kier molecular flexibility index (Phi) is 15.1. The van der Waals surface area contributed by atoms with Crippen LogP contribution in [0.3, 0.4) is 0 Å². The van der Waals surface area contributed by atoms with Crippen molar-refractivity contribution in [1.82, 2.24) is 10.6 Å². The first kappa shape index (κ1) is 44.4. The van der Waals surface area contributed by atoms with Crippen molar-refractivity contribution in [1.29, 1.82) is 0 Å². The van der Waals surface area contributed by atoms with Crippen molar-refractivity contribution in [2.24, 2.45) is 23.0 Å². The molecule has 11 heteroatoms. The van der Waals surface area contributed by atoms with Crippen LogP contribution in [0.1, 0.15) is 108 Å². The van der Waals surface area contributed by atoms with E-state index in [0.29, 0.717) is 79.2 Å². The number of ketones is 1. The molecule has 0 unspecified atom stereocenters. The molecule has 1 aromatic rings. The number of fused-ring (bicyclic) bond motifs is 1. The summed E-state index contributed by atoms with van der Waals surface area (Å²) in [5.41, 5.74) is 9.88. The lowest BCUT2D eigenvalue weighted by Gasteiger charge is -2.55. The molecule has 310 valence electrons. The van der Waals surface area contributed by atoms with E-state index >= 15 is 0 Å². The molecular weight excluding hydrogens is 723 g/mol. The molecule has 2 fully saturated rings. The van der Waals surface area contributed by atoms with Crippen LogP contribution in [-0.4, -0.2) is 87.5 Å². The van der Waals surface area contributed by atoms with Crippen LogP contribution in [-0.2, 0) is 20.7 Å². The summed E-state index contributed by atoms with van der Waals surface area (Å²) in [5, 5.41) is 61.6. The molecule has 4 aliphatic rings. The molecule has 2 heterocycles. The Bertz CT molecular complexity index is 1850. The maximum absolute atomic E-state index is 14.4. The molecule has 1 amide bonds.